The summed E-state index contributed by atoms with van der Waals surface area (Å²) in [7, 11) is 0. The topological polar surface area (TPSA) is 96.5 Å². The van der Waals surface area contributed by atoms with E-state index in [-0.39, 0.29) is 18.0 Å². The fourth-order valence-corrected chi connectivity index (χ4v) is 3.13. The Kier molecular flexibility index (Phi) is 5.56. The Bertz CT molecular complexity index is 736. The Morgan fingerprint density at radius 3 is 2.92 bits per heavy atom. The molecule has 1 saturated heterocycles. The average molecular weight is 361 g/mol. The molecule has 1 aromatic carbocycles. The maximum absolute atomic E-state index is 12.1. The number of rotatable bonds is 4. The van der Waals surface area contributed by atoms with Gasteiger partial charge in [-0.1, -0.05) is 34.8 Å². The van der Waals surface area contributed by atoms with Gasteiger partial charge in [0.2, 0.25) is 5.91 Å². The average Bonchev–Trinajstić information content (AvgIpc) is 3.09. The number of hydrogen-bond donors (Lipinski definition) is 2. The number of nitrogens with zero attached hydrogens (tertiary/aromatic N) is 3. The molecule has 1 fully saturated rings. The molecule has 0 bridgehead atoms. The Labute approximate surface area is 149 Å². The third-order valence-electron chi connectivity index (χ3n) is 3.84. The molecule has 1 unspecified atom stereocenters. The maximum Gasteiger partial charge on any atom is 0.320 e. The van der Waals surface area contributed by atoms with E-state index < -0.39 is 0 Å². The van der Waals surface area contributed by atoms with Crippen molar-refractivity contribution in [3.05, 3.63) is 30.3 Å². The number of nitrogens with one attached hydrogen (secondary N) is 2. The molecule has 1 atom stereocenters. The summed E-state index contributed by atoms with van der Waals surface area (Å²) in [6.45, 7) is 3.40. The highest BCUT2D eigenvalue weighted by Gasteiger charge is 2.22. The lowest BCUT2D eigenvalue weighted by Crippen LogP contribution is -2.49. The van der Waals surface area contributed by atoms with Gasteiger partial charge in [-0.2, -0.15) is 0 Å². The van der Waals surface area contributed by atoms with E-state index >= 15 is 0 Å². The second-order valence-corrected chi connectivity index (χ2v) is 6.36. The van der Waals surface area contributed by atoms with E-state index in [4.69, 9.17) is 4.74 Å². The standard InChI is InChI=1S/C16H19N5O3S/c1-11(22)21-7-8-24-13(10-21)9-17-16(23)18-15-14(19-20-25-15)12-5-3-2-4-6-12/h2-6,13H,7-10H2,1H3,(H2,17,18,23). The Morgan fingerprint density at radius 1 is 1.36 bits per heavy atom. The number of morpholine rings is 1. The molecule has 1 aromatic heterocycles. The maximum atomic E-state index is 12.1. The quantitative estimate of drug-likeness (QED) is 0.862. The summed E-state index contributed by atoms with van der Waals surface area (Å²) in [5.74, 6) is 0.0148. The summed E-state index contributed by atoms with van der Waals surface area (Å²) in [6, 6.07) is 9.18. The predicted molar refractivity (Wildman–Crippen MR) is 94.4 cm³/mol. The van der Waals surface area contributed by atoms with Crippen molar-refractivity contribution in [1.82, 2.24) is 19.8 Å². The minimum absolute atomic E-state index is 0.0148. The first-order chi connectivity index (χ1) is 12.1. The van der Waals surface area contributed by atoms with Crippen LogP contribution in [0.25, 0.3) is 11.3 Å². The van der Waals surface area contributed by atoms with Crippen LogP contribution in [-0.4, -0.2) is 58.8 Å². The minimum atomic E-state index is -0.355. The number of hydrogen-bond acceptors (Lipinski definition) is 6. The number of aromatic nitrogens is 2. The van der Waals surface area contributed by atoms with Crippen LogP contribution in [0.15, 0.2) is 30.3 Å². The van der Waals surface area contributed by atoms with Gasteiger partial charge in [0, 0.05) is 43.7 Å². The van der Waals surface area contributed by atoms with Crippen molar-refractivity contribution >= 4 is 28.5 Å². The monoisotopic (exact) mass is 361 g/mol. The highest BCUT2D eigenvalue weighted by atomic mass is 32.1. The van der Waals surface area contributed by atoms with E-state index in [1.807, 2.05) is 30.3 Å². The van der Waals surface area contributed by atoms with Crippen molar-refractivity contribution in [2.24, 2.45) is 0 Å². The van der Waals surface area contributed by atoms with Gasteiger partial charge in [0.05, 0.1) is 12.7 Å². The van der Waals surface area contributed by atoms with Crippen molar-refractivity contribution in [1.29, 1.82) is 0 Å². The molecule has 0 radical (unpaired) electrons. The lowest BCUT2D eigenvalue weighted by molar-refractivity contribution is -0.136. The number of ether oxygens (including phenoxy) is 1. The molecule has 3 rings (SSSR count). The Hall–Kier alpha value is -2.52. The van der Waals surface area contributed by atoms with E-state index in [9.17, 15) is 9.59 Å². The molecule has 25 heavy (non-hydrogen) atoms. The van der Waals surface area contributed by atoms with Gasteiger partial charge >= 0.3 is 6.03 Å². The molecular weight excluding hydrogens is 342 g/mol. The largest absolute Gasteiger partial charge is 0.373 e. The van der Waals surface area contributed by atoms with Crippen LogP contribution in [-0.2, 0) is 9.53 Å². The zero-order valence-electron chi connectivity index (χ0n) is 13.8. The molecule has 9 heteroatoms. The Balaban J connectivity index is 1.54. The van der Waals surface area contributed by atoms with E-state index in [2.05, 4.69) is 20.2 Å². The van der Waals surface area contributed by atoms with Gasteiger partial charge in [-0.3, -0.25) is 10.1 Å². The van der Waals surface area contributed by atoms with Crippen LogP contribution in [0.4, 0.5) is 9.80 Å². The van der Waals surface area contributed by atoms with Crippen molar-refractivity contribution in [3.8, 4) is 11.3 Å². The lowest BCUT2D eigenvalue weighted by atomic mass is 10.2. The van der Waals surface area contributed by atoms with Crippen LogP contribution in [0.2, 0.25) is 0 Å². The van der Waals surface area contributed by atoms with Gasteiger partial charge in [-0.25, -0.2) is 4.79 Å². The summed E-state index contributed by atoms with van der Waals surface area (Å²) < 4.78 is 9.49. The van der Waals surface area contributed by atoms with Crippen molar-refractivity contribution in [2.45, 2.75) is 13.0 Å². The van der Waals surface area contributed by atoms with Crippen molar-refractivity contribution in [3.63, 3.8) is 0 Å². The first kappa shape index (κ1) is 17.3. The number of amides is 3. The number of urea groups is 1. The van der Waals surface area contributed by atoms with Crippen molar-refractivity contribution < 1.29 is 14.3 Å². The smallest absolute Gasteiger partial charge is 0.320 e. The minimum Gasteiger partial charge on any atom is -0.373 e. The van der Waals surface area contributed by atoms with Gasteiger partial charge < -0.3 is 15.0 Å². The molecule has 2 heterocycles. The normalized spacial score (nSPS) is 17.2. The van der Waals surface area contributed by atoms with Gasteiger partial charge in [-0.05, 0) is 0 Å². The van der Waals surface area contributed by atoms with E-state index in [1.54, 1.807) is 4.90 Å². The molecule has 1 aliphatic heterocycles. The molecule has 0 aliphatic carbocycles. The van der Waals surface area contributed by atoms with Crippen LogP contribution < -0.4 is 10.6 Å². The van der Waals surface area contributed by atoms with E-state index in [0.717, 1.165) is 17.1 Å². The molecule has 2 aromatic rings. The summed E-state index contributed by atoms with van der Waals surface area (Å²) in [4.78, 5) is 25.3. The molecule has 3 amide bonds. The summed E-state index contributed by atoms with van der Waals surface area (Å²) >= 11 is 1.12. The summed E-state index contributed by atoms with van der Waals surface area (Å²) in [6.07, 6.45) is -0.212. The fourth-order valence-electron chi connectivity index (χ4n) is 2.54. The molecule has 8 nitrogen and oxygen atoms in total. The third-order valence-corrected chi connectivity index (χ3v) is 4.48. The molecule has 0 saturated carbocycles. The number of carbonyl (C=O) groups excluding carboxylic acids is 2. The van der Waals surface area contributed by atoms with Gasteiger partial charge in [0.25, 0.3) is 0 Å². The number of benzene rings is 1. The van der Waals surface area contributed by atoms with Crippen LogP contribution in [0, 0.1) is 0 Å². The first-order valence-electron chi connectivity index (χ1n) is 7.93. The zero-order chi connectivity index (χ0) is 17.6. The number of anilines is 1. The van der Waals surface area contributed by atoms with Crippen LogP contribution in [0.3, 0.4) is 0 Å². The highest BCUT2D eigenvalue weighted by molar-refractivity contribution is 7.10. The SMILES string of the molecule is CC(=O)N1CCOC(CNC(=O)Nc2snnc2-c2ccccc2)C1. The molecule has 1 aliphatic rings. The molecular formula is C16H19N5O3S. The predicted octanol–water partition coefficient (Wildman–Crippen LogP) is 1.57. The van der Waals surface area contributed by atoms with E-state index in [0.29, 0.717) is 36.9 Å². The summed E-state index contributed by atoms with van der Waals surface area (Å²) in [5.41, 5.74) is 1.52. The highest BCUT2D eigenvalue weighted by Crippen LogP contribution is 2.28. The molecule has 132 valence electrons. The van der Waals surface area contributed by atoms with Gasteiger partial charge in [0.1, 0.15) is 10.7 Å². The molecule has 2 N–H and O–H groups in total. The fraction of sp³-hybridized carbons (Fsp3) is 0.375. The lowest BCUT2D eigenvalue weighted by Gasteiger charge is -2.32. The van der Waals surface area contributed by atoms with Crippen LogP contribution in [0.1, 0.15) is 6.92 Å². The second-order valence-electron chi connectivity index (χ2n) is 5.61. The zero-order valence-corrected chi connectivity index (χ0v) is 14.6. The van der Waals surface area contributed by atoms with Gasteiger partial charge in [0.15, 0.2) is 0 Å². The molecule has 0 spiro atoms. The first-order valence-corrected chi connectivity index (χ1v) is 8.70. The second kappa shape index (κ2) is 8.04. The number of carbonyl (C=O) groups is 2. The van der Waals surface area contributed by atoms with Crippen molar-refractivity contribution in [2.75, 3.05) is 31.6 Å². The third kappa shape index (κ3) is 4.52. The van der Waals surface area contributed by atoms with Crippen LogP contribution >= 0.6 is 11.5 Å². The van der Waals surface area contributed by atoms with Gasteiger partial charge in [-0.15, -0.1) is 5.10 Å². The van der Waals surface area contributed by atoms with Crippen LogP contribution in [0.5, 0.6) is 0 Å². The Morgan fingerprint density at radius 2 is 2.16 bits per heavy atom. The summed E-state index contributed by atoms with van der Waals surface area (Å²) in [5, 5.41) is 10.2. The van der Waals surface area contributed by atoms with E-state index in [1.165, 1.54) is 6.92 Å².